The number of H-pyrrole nitrogens is 1. The SMILES string of the molecule is O=C1C(Sc2nc[nH]n2)=C/C(=N\S(=O)(=O)c2ccc(Cl)c(Cl)c2)c2ccccc21. The van der Waals surface area contributed by atoms with E-state index in [0.717, 1.165) is 11.8 Å². The Bertz CT molecular complexity index is 1290. The van der Waals surface area contributed by atoms with Crippen LogP contribution < -0.4 is 0 Å². The molecule has 0 atom stereocenters. The highest BCUT2D eigenvalue weighted by Crippen LogP contribution is 2.33. The van der Waals surface area contributed by atoms with E-state index >= 15 is 0 Å². The molecule has 0 saturated heterocycles. The number of Topliss-reactive ketones (excluding diaryl/α,β-unsaturated/α-hetero) is 1. The molecule has 0 bridgehead atoms. The van der Waals surface area contributed by atoms with Gasteiger partial charge >= 0.3 is 0 Å². The van der Waals surface area contributed by atoms with Gasteiger partial charge in [-0.1, -0.05) is 47.5 Å². The molecule has 2 aromatic carbocycles. The largest absolute Gasteiger partial charge is 0.288 e. The first kappa shape index (κ1) is 19.8. The van der Waals surface area contributed by atoms with Gasteiger partial charge in [0, 0.05) is 11.1 Å². The van der Waals surface area contributed by atoms with Crippen molar-refractivity contribution < 1.29 is 13.2 Å². The summed E-state index contributed by atoms with van der Waals surface area (Å²) in [4.78, 5) is 16.9. The maximum atomic E-state index is 12.8. The summed E-state index contributed by atoms with van der Waals surface area (Å²) in [5.74, 6) is -0.263. The number of rotatable bonds is 4. The van der Waals surface area contributed by atoms with Gasteiger partial charge in [-0.15, -0.1) is 5.10 Å². The van der Waals surface area contributed by atoms with Crippen molar-refractivity contribution in [2.75, 3.05) is 0 Å². The van der Waals surface area contributed by atoms with E-state index in [2.05, 4.69) is 19.6 Å². The summed E-state index contributed by atoms with van der Waals surface area (Å²) in [5.41, 5.74) is 0.890. The summed E-state index contributed by atoms with van der Waals surface area (Å²) >= 11 is 12.8. The number of ketones is 1. The third-order valence-electron chi connectivity index (χ3n) is 3.94. The van der Waals surface area contributed by atoms with E-state index in [1.807, 2.05) is 0 Å². The van der Waals surface area contributed by atoms with E-state index in [0.29, 0.717) is 16.3 Å². The van der Waals surface area contributed by atoms with Crippen molar-refractivity contribution in [3.8, 4) is 0 Å². The first-order chi connectivity index (χ1) is 13.8. The number of aromatic amines is 1. The molecule has 1 N–H and O–H groups in total. The minimum Gasteiger partial charge on any atom is -0.288 e. The molecular weight excluding hydrogens is 455 g/mol. The quantitative estimate of drug-likeness (QED) is 0.621. The van der Waals surface area contributed by atoms with Gasteiger partial charge in [-0.3, -0.25) is 9.89 Å². The average Bonchev–Trinajstić information content (AvgIpc) is 3.20. The summed E-state index contributed by atoms with van der Waals surface area (Å²) in [5, 5.41) is 7.14. The average molecular weight is 465 g/mol. The second-order valence-electron chi connectivity index (χ2n) is 5.79. The molecule has 1 aromatic heterocycles. The Labute approximate surface area is 179 Å². The highest BCUT2D eigenvalue weighted by atomic mass is 35.5. The fourth-order valence-corrected chi connectivity index (χ4v) is 4.78. The predicted molar refractivity (Wildman–Crippen MR) is 111 cm³/mol. The standard InChI is InChI=1S/C18H10Cl2N4O3S2/c19-13-6-5-10(7-14(13)20)29(26,27)24-15-8-16(28-18-21-9-22-23-18)17(25)12-4-2-1-3-11(12)15/h1-9H,(H,21,22,23)/b24-15+. The molecule has 146 valence electrons. The summed E-state index contributed by atoms with van der Waals surface area (Å²) in [7, 11) is -4.10. The number of sulfonamides is 1. The molecule has 7 nitrogen and oxygen atoms in total. The number of hydrogen-bond donors (Lipinski definition) is 1. The topological polar surface area (TPSA) is 105 Å². The smallest absolute Gasteiger partial charge is 0.282 e. The summed E-state index contributed by atoms with van der Waals surface area (Å²) < 4.78 is 29.6. The van der Waals surface area contributed by atoms with Crippen molar-refractivity contribution in [3.05, 3.63) is 80.9 Å². The molecule has 0 radical (unpaired) electrons. The zero-order valence-electron chi connectivity index (χ0n) is 14.3. The highest BCUT2D eigenvalue weighted by Gasteiger charge is 2.27. The van der Waals surface area contributed by atoms with Crippen LogP contribution >= 0.6 is 35.0 Å². The van der Waals surface area contributed by atoms with Crippen molar-refractivity contribution in [3.63, 3.8) is 0 Å². The van der Waals surface area contributed by atoms with Crippen LogP contribution in [0.5, 0.6) is 0 Å². The van der Waals surface area contributed by atoms with Crippen LogP contribution in [0.3, 0.4) is 0 Å². The lowest BCUT2D eigenvalue weighted by Gasteiger charge is -2.16. The summed E-state index contributed by atoms with van der Waals surface area (Å²) in [6.07, 6.45) is 2.80. The number of thioether (sulfide) groups is 1. The van der Waals surface area contributed by atoms with Crippen molar-refractivity contribution in [1.29, 1.82) is 0 Å². The third-order valence-corrected chi connectivity index (χ3v) is 6.87. The lowest BCUT2D eigenvalue weighted by molar-refractivity contribution is 0.104. The van der Waals surface area contributed by atoms with Crippen molar-refractivity contribution in [2.45, 2.75) is 10.1 Å². The first-order valence-electron chi connectivity index (χ1n) is 8.04. The van der Waals surface area contributed by atoms with Crippen molar-refractivity contribution in [2.24, 2.45) is 4.40 Å². The number of nitrogens with one attached hydrogen (secondary N) is 1. The first-order valence-corrected chi connectivity index (χ1v) is 11.1. The lowest BCUT2D eigenvalue weighted by atomic mass is 9.94. The molecule has 4 rings (SSSR count). The van der Waals surface area contributed by atoms with Crippen LogP contribution in [0.1, 0.15) is 15.9 Å². The molecular formula is C18H10Cl2N4O3S2. The van der Waals surface area contributed by atoms with E-state index < -0.39 is 10.0 Å². The van der Waals surface area contributed by atoms with Crippen LogP contribution in [0.15, 0.2) is 74.2 Å². The maximum Gasteiger partial charge on any atom is 0.282 e. The number of carbonyl (C=O) groups excluding carboxylic acids is 1. The minimum absolute atomic E-state index is 0.101. The lowest BCUT2D eigenvalue weighted by Crippen LogP contribution is -2.17. The van der Waals surface area contributed by atoms with Crippen molar-refractivity contribution in [1.82, 2.24) is 15.2 Å². The Balaban J connectivity index is 1.83. The van der Waals surface area contributed by atoms with Crippen LogP contribution in [0, 0.1) is 0 Å². The fourth-order valence-electron chi connectivity index (χ4n) is 2.62. The van der Waals surface area contributed by atoms with Gasteiger partial charge in [-0.25, -0.2) is 4.98 Å². The van der Waals surface area contributed by atoms with E-state index in [1.54, 1.807) is 24.3 Å². The highest BCUT2D eigenvalue weighted by molar-refractivity contribution is 8.04. The van der Waals surface area contributed by atoms with Gasteiger partial charge in [0.1, 0.15) is 6.33 Å². The predicted octanol–water partition coefficient (Wildman–Crippen LogP) is 4.16. The second-order valence-corrected chi connectivity index (χ2v) is 9.22. The number of carbonyl (C=O) groups is 1. The van der Waals surface area contributed by atoms with E-state index in [-0.39, 0.29) is 31.3 Å². The number of aromatic nitrogens is 3. The molecule has 1 aliphatic rings. The van der Waals surface area contributed by atoms with Gasteiger partial charge in [0.15, 0.2) is 0 Å². The van der Waals surface area contributed by atoms with Crippen LogP contribution in [0.25, 0.3) is 0 Å². The van der Waals surface area contributed by atoms with Gasteiger partial charge in [0.25, 0.3) is 10.0 Å². The second kappa shape index (κ2) is 7.75. The molecule has 3 aromatic rings. The summed E-state index contributed by atoms with van der Waals surface area (Å²) in [6.45, 7) is 0. The zero-order chi connectivity index (χ0) is 20.6. The molecule has 1 heterocycles. The zero-order valence-corrected chi connectivity index (χ0v) is 17.5. The van der Waals surface area contributed by atoms with E-state index in [9.17, 15) is 13.2 Å². The Morgan fingerprint density at radius 2 is 1.79 bits per heavy atom. The monoisotopic (exact) mass is 464 g/mol. The molecule has 0 amide bonds. The molecule has 29 heavy (non-hydrogen) atoms. The number of fused-ring (bicyclic) bond motifs is 1. The van der Waals surface area contributed by atoms with Crippen LogP contribution in [-0.2, 0) is 10.0 Å². The van der Waals surface area contributed by atoms with Gasteiger partial charge in [-0.2, -0.15) is 12.8 Å². The molecule has 0 fully saturated rings. The normalized spacial score (nSPS) is 15.3. The van der Waals surface area contributed by atoms with E-state index in [4.69, 9.17) is 23.2 Å². The number of benzene rings is 2. The van der Waals surface area contributed by atoms with Crippen LogP contribution in [0.2, 0.25) is 10.0 Å². The van der Waals surface area contributed by atoms with Crippen molar-refractivity contribution >= 4 is 56.5 Å². The number of allylic oxidation sites excluding steroid dienone is 2. The molecule has 1 aliphatic carbocycles. The summed E-state index contributed by atoms with van der Waals surface area (Å²) in [6, 6.07) is 10.6. The number of hydrogen-bond acceptors (Lipinski definition) is 6. The van der Waals surface area contributed by atoms with Crippen LogP contribution in [0.4, 0.5) is 0 Å². The van der Waals surface area contributed by atoms with E-state index in [1.165, 1.54) is 30.6 Å². The van der Waals surface area contributed by atoms with Gasteiger partial charge in [0.05, 0.1) is 25.6 Å². The van der Waals surface area contributed by atoms with Gasteiger partial charge < -0.3 is 0 Å². The Morgan fingerprint density at radius 3 is 2.48 bits per heavy atom. The Kier molecular flexibility index (Phi) is 5.30. The van der Waals surface area contributed by atoms with Gasteiger partial charge in [-0.05, 0) is 36.0 Å². The fraction of sp³-hybridized carbons (Fsp3) is 0. The number of halogens is 2. The van der Waals surface area contributed by atoms with Crippen LogP contribution in [-0.4, -0.2) is 35.1 Å². The third kappa shape index (κ3) is 3.99. The molecule has 0 saturated carbocycles. The molecule has 11 heteroatoms. The molecule has 0 spiro atoms. The maximum absolute atomic E-state index is 12.8. The van der Waals surface area contributed by atoms with Gasteiger partial charge in [0.2, 0.25) is 10.9 Å². The molecule has 0 unspecified atom stereocenters. The Morgan fingerprint density at radius 1 is 1.03 bits per heavy atom. The minimum atomic E-state index is -4.10. The Hall–Kier alpha value is -2.46. The molecule has 0 aliphatic heterocycles. The number of nitrogens with zero attached hydrogens (tertiary/aromatic N) is 3.